The van der Waals surface area contributed by atoms with Crippen molar-refractivity contribution in [3.8, 4) is 0 Å². The van der Waals surface area contributed by atoms with Crippen LogP contribution in [0.4, 0.5) is 5.69 Å². The minimum Gasteiger partial charge on any atom is -0.465 e. The first-order valence-electron chi connectivity index (χ1n) is 9.15. The van der Waals surface area contributed by atoms with E-state index in [1.54, 1.807) is 6.07 Å². The number of benzene rings is 2. The van der Waals surface area contributed by atoms with Gasteiger partial charge in [-0.15, -0.1) is 0 Å². The first kappa shape index (κ1) is 17.3. The number of hydrogen-bond donors (Lipinski definition) is 0. The summed E-state index contributed by atoms with van der Waals surface area (Å²) in [6.45, 7) is 1.67. The molecule has 0 atom stereocenters. The number of rotatable bonds is 5. The first-order chi connectivity index (χ1) is 13.2. The minimum absolute atomic E-state index is 0.310. The molecule has 0 bridgehead atoms. The van der Waals surface area contributed by atoms with Crippen molar-refractivity contribution in [3.63, 3.8) is 0 Å². The molecule has 0 spiro atoms. The van der Waals surface area contributed by atoms with Crippen LogP contribution in [0.15, 0.2) is 54.9 Å². The number of hydrogen-bond acceptors (Lipinski definition) is 4. The number of aromatic nitrogens is 2. The van der Waals surface area contributed by atoms with Gasteiger partial charge in [0.1, 0.15) is 5.82 Å². The molecule has 2 heterocycles. The number of ether oxygens (including phenoxy) is 1. The van der Waals surface area contributed by atoms with Gasteiger partial charge in [0, 0.05) is 44.6 Å². The Bertz CT molecular complexity index is 977. The van der Waals surface area contributed by atoms with Gasteiger partial charge in [0.2, 0.25) is 0 Å². The van der Waals surface area contributed by atoms with Crippen molar-refractivity contribution in [2.24, 2.45) is 0 Å². The van der Waals surface area contributed by atoms with E-state index in [4.69, 9.17) is 4.74 Å². The lowest BCUT2D eigenvalue weighted by molar-refractivity contribution is 0.0599. The number of carbonyl (C=O) groups is 1. The number of nitrogens with zero attached hydrogens (tertiary/aromatic N) is 3. The number of esters is 1. The lowest BCUT2D eigenvalue weighted by Crippen LogP contribution is -2.12. The molecular formula is C22H23N3O2. The van der Waals surface area contributed by atoms with E-state index in [0.717, 1.165) is 30.8 Å². The molecular weight excluding hydrogens is 338 g/mol. The molecule has 5 nitrogen and oxygen atoms in total. The Balaban J connectivity index is 1.57. The summed E-state index contributed by atoms with van der Waals surface area (Å²) in [4.78, 5) is 18.9. The number of likely N-dealkylation sites (N-methyl/N-ethyl adjacent to an activating group) is 1. The third kappa shape index (κ3) is 3.45. The largest absolute Gasteiger partial charge is 0.465 e. The molecule has 0 fully saturated rings. The van der Waals surface area contributed by atoms with Crippen molar-refractivity contribution in [2.75, 3.05) is 25.6 Å². The molecule has 0 saturated heterocycles. The second-order valence-electron chi connectivity index (χ2n) is 6.93. The van der Waals surface area contributed by atoms with Crippen LogP contribution in [0.1, 0.15) is 32.9 Å². The molecule has 0 N–H and O–H groups in total. The van der Waals surface area contributed by atoms with Crippen LogP contribution < -0.4 is 4.90 Å². The number of fused-ring (bicyclic) bond motifs is 1. The van der Waals surface area contributed by atoms with Gasteiger partial charge in [-0.05, 0) is 35.2 Å². The average Bonchev–Trinajstić information content (AvgIpc) is 3.28. The minimum atomic E-state index is -0.310. The Morgan fingerprint density at radius 3 is 2.93 bits per heavy atom. The van der Waals surface area contributed by atoms with Crippen LogP contribution in [-0.4, -0.2) is 36.2 Å². The first-order valence-corrected chi connectivity index (χ1v) is 9.15. The van der Waals surface area contributed by atoms with Gasteiger partial charge in [-0.2, -0.15) is 0 Å². The smallest absolute Gasteiger partial charge is 0.338 e. The molecule has 1 aliphatic rings. The summed E-state index contributed by atoms with van der Waals surface area (Å²) in [5, 5.41) is 0. The van der Waals surface area contributed by atoms with E-state index in [-0.39, 0.29) is 5.97 Å². The Kier molecular flexibility index (Phi) is 4.67. The fourth-order valence-electron chi connectivity index (χ4n) is 3.71. The third-order valence-corrected chi connectivity index (χ3v) is 5.20. The predicted molar refractivity (Wildman–Crippen MR) is 105 cm³/mol. The average molecular weight is 361 g/mol. The quantitative estimate of drug-likeness (QED) is 0.654. The van der Waals surface area contributed by atoms with Gasteiger partial charge >= 0.3 is 5.97 Å². The Labute approximate surface area is 159 Å². The van der Waals surface area contributed by atoms with Gasteiger partial charge in [-0.1, -0.05) is 30.3 Å². The summed E-state index contributed by atoms with van der Waals surface area (Å²) in [6, 6.07) is 14.2. The summed E-state index contributed by atoms with van der Waals surface area (Å²) in [7, 11) is 3.55. The van der Waals surface area contributed by atoms with Gasteiger partial charge in [0.25, 0.3) is 0 Å². The second-order valence-corrected chi connectivity index (χ2v) is 6.93. The molecule has 3 aromatic rings. The van der Waals surface area contributed by atoms with Gasteiger partial charge in [-0.25, -0.2) is 9.78 Å². The molecule has 0 radical (unpaired) electrons. The van der Waals surface area contributed by atoms with Crippen molar-refractivity contribution in [1.82, 2.24) is 9.55 Å². The lowest BCUT2D eigenvalue weighted by atomic mass is 10.1. The fraction of sp³-hybridized carbons (Fsp3) is 0.273. The van der Waals surface area contributed by atoms with E-state index in [0.29, 0.717) is 12.1 Å². The van der Waals surface area contributed by atoms with E-state index in [1.165, 1.54) is 23.9 Å². The molecule has 0 amide bonds. The Morgan fingerprint density at radius 2 is 2.07 bits per heavy atom. The maximum absolute atomic E-state index is 12.0. The standard InChI is InChI=1S/C22H23N3O2/c1-24-11-9-17-13-16(7-8-20(17)24)14-21-23-10-12-25(21)15-18-5-3-4-6-19(18)22(26)27-2/h3-8,10,12-13H,9,11,14-15H2,1-2H3. The van der Waals surface area contributed by atoms with Crippen LogP contribution in [-0.2, 0) is 24.1 Å². The van der Waals surface area contributed by atoms with E-state index in [2.05, 4.69) is 39.7 Å². The highest BCUT2D eigenvalue weighted by Gasteiger charge is 2.17. The highest BCUT2D eigenvalue weighted by molar-refractivity contribution is 5.90. The predicted octanol–water partition coefficient (Wildman–Crippen LogP) is 3.30. The maximum Gasteiger partial charge on any atom is 0.338 e. The Morgan fingerprint density at radius 1 is 1.22 bits per heavy atom. The maximum atomic E-state index is 12.0. The molecule has 0 aliphatic carbocycles. The fourth-order valence-corrected chi connectivity index (χ4v) is 3.71. The van der Waals surface area contributed by atoms with E-state index in [1.807, 2.05) is 30.6 Å². The van der Waals surface area contributed by atoms with E-state index in [9.17, 15) is 4.79 Å². The lowest BCUT2D eigenvalue weighted by Gasteiger charge is -2.13. The summed E-state index contributed by atoms with van der Waals surface area (Å²) < 4.78 is 7.00. The van der Waals surface area contributed by atoms with Crippen LogP contribution in [0.5, 0.6) is 0 Å². The van der Waals surface area contributed by atoms with Crippen LogP contribution in [0.2, 0.25) is 0 Å². The molecule has 1 aliphatic heterocycles. The van der Waals surface area contributed by atoms with Crippen molar-refractivity contribution in [1.29, 1.82) is 0 Å². The highest BCUT2D eigenvalue weighted by atomic mass is 16.5. The summed E-state index contributed by atoms with van der Waals surface area (Å²) in [5.74, 6) is 0.677. The number of carbonyl (C=O) groups excluding carboxylic acids is 1. The molecule has 0 unspecified atom stereocenters. The van der Waals surface area contributed by atoms with Crippen molar-refractivity contribution in [2.45, 2.75) is 19.4 Å². The van der Waals surface area contributed by atoms with Crippen molar-refractivity contribution >= 4 is 11.7 Å². The summed E-state index contributed by atoms with van der Waals surface area (Å²) in [5.41, 5.74) is 5.52. The SMILES string of the molecule is COC(=O)c1ccccc1Cn1ccnc1Cc1ccc2c(c1)CCN2C. The second kappa shape index (κ2) is 7.27. The molecule has 138 valence electrons. The zero-order valence-electron chi connectivity index (χ0n) is 15.7. The number of imidazole rings is 1. The monoisotopic (exact) mass is 361 g/mol. The van der Waals surface area contributed by atoms with Crippen LogP contribution in [0.3, 0.4) is 0 Å². The van der Waals surface area contributed by atoms with Gasteiger partial charge in [0.05, 0.1) is 12.7 Å². The van der Waals surface area contributed by atoms with E-state index < -0.39 is 0 Å². The Hall–Kier alpha value is -3.08. The van der Waals surface area contributed by atoms with Crippen LogP contribution in [0, 0.1) is 0 Å². The summed E-state index contributed by atoms with van der Waals surface area (Å²) in [6.07, 6.45) is 5.65. The van der Waals surface area contributed by atoms with E-state index >= 15 is 0 Å². The third-order valence-electron chi connectivity index (χ3n) is 5.20. The normalized spacial score (nSPS) is 12.9. The molecule has 5 heteroatoms. The van der Waals surface area contributed by atoms with Crippen LogP contribution in [0.25, 0.3) is 0 Å². The van der Waals surface area contributed by atoms with Gasteiger partial charge < -0.3 is 14.2 Å². The number of anilines is 1. The van der Waals surface area contributed by atoms with Gasteiger partial charge in [0.15, 0.2) is 0 Å². The zero-order valence-corrected chi connectivity index (χ0v) is 15.7. The van der Waals surface area contributed by atoms with Crippen molar-refractivity contribution in [3.05, 3.63) is 82.9 Å². The molecule has 1 aromatic heterocycles. The molecule has 2 aromatic carbocycles. The van der Waals surface area contributed by atoms with Crippen molar-refractivity contribution < 1.29 is 9.53 Å². The summed E-state index contributed by atoms with van der Waals surface area (Å²) >= 11 is 0. The molecule has 4 rings (SSSR count). The number of methoxy groups -OCH3 is 1. The molecule has 0 saturated carbocycles. The van der Waals surface area contributed by atoms with Gasteiger partial charge in [-0.3, -0.25) is 0 Å². The highest BCUT2D eigenvalue weighted by Crippen LogP contribution is 2.28. The van der Waals surface area contributed by atoms with Crippen LogP contribution >= 0.6 is 0 Å². The molecule has 27 heavy (non-hydrogen) atoms. The topological polar surface area (TPSA) is 47.4 Å². The zero-order chi connectivity index (χ0) is 18.8.